The van der Waals surface area contributed by atoms with Gasteiger partial charge >= 0.3 is 0 Å². The van der Waals surface area contributed by atoms with E-state index in [1.165, 1.54) is 5.56 Å². The second kappa shape index (κ2) is 9.51. The number of fused-ring (bicyclic) bond motifs is 3. The van der Waals surface area contributed by atoms with Crippen molar-refractivity contribution in [1.82, 2.24) is 14.4 Å². The van der Waals surface area contributed by atoms with E-state index in [-0.39, 0.29) is 42.0 Å². The van der Waals surface area contributed by atoms with Crippen molar-refractivity contribution >= 4 is 12.0 Å². The van der Waals surface area contributed by atoms with Crippen LogP contribution in [0.15, 0.2) is 53.3 Å². The van der Waals surface area contributed by atoms with Crippen molar-refractivity contribution in [2.24, 2.45) is 17.8 Å². The Bertz CT molecular complexity index is 1120. The van der Waals surface area contributed by atoms with Gasteiger partial charge in [-0.05, 0) is 56.8 Å². The summed E-state index contributed by atoms with van der Waals surface area (Å²) in [6, 6.07) is 14.1. The van der Waals surface area contributed by atoms with Crippen LogP contribution in [0, 0.1) is 17.8 Å². The van der Waals surface area contributed by atoms with Crippen molar-refractivity contribution in [2.75, 3.05) is 26.7 Å². The van der Waals surface area contributed by atoms with Crippen molar-refractivity contribution in [3.63, 3.8) is 0 Å². The molecule has 0 bridgehead atoms. The first-order valence-electron chi connectivity index (χ1n) is 12.6. The summed E-state index contributed by atoms with van der Waals surface area (Å²) in [6.45, 7) is 3.97. The number of aromatic nitrogens is 1. The molecule has 1 aromatic carbocycles. The van der Waals surface area contributed by atoms with Gasteiger partial charge in [-0.15, -0.1) is 0 Å². The predicted octanol–water partition coefficient (Wildman–Crippen LogP) is 2.96. The lowest BCUT2D eigenvalue weighted by atomic mass is 9.86. The third-order valence-corrected chi connectivity index (χ3v) is 8.28. The number of piperidine rings is 1. The fourth-order valence-electron chi connectivity index (χ4n) is 6.57. The zero-order valence-electron chi connectivity index (χ0n) is 20.1. The molecule has 5 rings (SSSR count). The molecule has 6 heteroatoms. The topological polar surface area (TPSA) is 65.8 Å². The summed E-state index contributed by atoms with van der Waals surface area (Å²) in [5.41, 5.74) is 3.02. The van der Waals surface area contributed by atoms with E-state index < -0.39 is 0 Å². The minimum Gasteiger partial charge on any atom is -0.396 e. The highest BCUT2D eigenvalue weighted by molar-refractivity contribution is 5.83. The predicted molar refractivity (Wildman–Crippen MR) is 133 cm³/mol. The average molecular weight is 462 g/mol. The molecule has 0 radical (unpaired) electrons. The van der Waals surface area contributed by atoms with Crippen LogP contribution in [0.1, 0.15) is 42.6 Å². The number of aliphatic hydroxyl groups is 1. The molecule has 2 aromatic rings. The number of aliphatic hydroxyl groups excluding tert-OH is 1. The van der Waals surface area contributed by atoms with E-state index in [1.54, 1.807) is 0 Å². The number of amides is 1. The molecule has 3 aliphatic rings. The number of rotatable bonds is 5. The molecule has 4 atom stereocenters. The Morgan fingerprint density at radius 3 is 2.53 bits per heavy atom. The molecule has 4 heterocycles. The second-order valence-corrected chi connectivity index (χ2v) is 10.2. The van der Waals surface area contributed by atoms with Crippen LogP contribution < -0.4 is 5.56 Å². The lowest BCUT2D eigenvalue weighted by Gasteiger charge is -2.37. The average Bonchev–Trinajstić information content (AvgIpc) is 3.37. The highest BCUT2D eigenvalue weighted by atomic mass is 16.3. The van der Waals surface area contributed by atoms with Crippen molar-refractivity contribution in [1.29, 1.82) is 0 Å². The molecule has 3 aliphatic heterocycles. The summed E-state index contributed by atoms with van der Waals surface area (Å²) in [4.78, 5) is 30.8. The van der Waals surface area contributed by atoms with Gasteiger partial charge in [-0.2, -0.15) is 0 Å². The fourth-order valence-corrected chi connectivity index (χ4v) is 6.57. The van der Waals surface area contributed by atoms with E-state index in [9.17, 15) is 14.7 Å². The first-order valence-corrected chi connectivity index (χ1v) is 12.6. The smallest absolute Gasteiger partial charge is 0.258 e. The molecule has 2 fully saturated rings. The van der Waals surface area contributed by atoms with E-state index in [2.05, 4.69) is 29.2 Å². The van der Waals surface area contributed by atoms with E-state index in [1.807, 2.05) is 53.8 Å². The summed E-state index contributed by atoms with van der Waals surface area (Å²) in [5, 5.41) is 10.3. The molecule has 0 unspecified atom stereocenters. The molecular formula is C28H35N3O3. The minimum absolute atomic E-state index is 0.0125. The van der Waals surface area contributed by atoms with Gasteiger partial charge in [0.15, 0.2) is 0 Å². The molecule has 1 amide bonds. The number of pyridine rings is 1. The standard InChI is InChI=1S/C28H35N3O3/c1-3-7-21-10-11-24-25-22(17-31(24)27(21)33)23(18-32)26(29(25)2)28(34)30-14-12-20(13-15-30)16-19-8-5-4-6-9-19/h3-11,20,22-23,25-26,32H,12-18H2,1-2H3/b7-3-/t22-,23-,25+,26-/m0/s1. The number of allylic oxidation sites excluding steroid dienone is 1. The van der Waals surface area contributed by atoms with Crippen molar-refractivity contribution in [3.05, 3.63) is 75.7 Å². The number of benzene rings is 1. The summed E-state index contributed by atoms with van der Waals surface area (Å²) in [6.07, 6.45) is 6.81. The molecule has 0 saturated carbocycles. The van der Waals surface area contributed by atoms with Crippen LogP contribution in [0.3, 0.4) is 0 Å². The molecule has 0 spiro atoms. The molecule has 0 aliphatic carbocycles. The lowest BCUT2D eigenvalue weighted by molar-refractivity contribution is -0.139. The number of hydrogen-bond donors (Lipinski definition) is 1. The molecule has 180 valence electrons. The number of carbonyl (C=O) groups excluding carboxylic acids is 1. The number of nitrogens with zero attached hydrogens (tertiary/aromatic N) is 3. The van der Waals surface area contributed by atoms with Crippen LogP contribution >= 0.6 is 0 Å². The third kappa shape index (κ3) is 3.93. The Morgan fingerprint density at radius 1 is 1.12 bits per heavy atom. The highest BCUT2D eigenvalue weighted by Gasteiger charge is 2.55. The molecule has 2 saturated heterocycles. The Balaban J connectivity index is 1.30. The summed E-state index contributed by atoms with van der Waals surface area (Å²) in [7, 11) is 1.98. The molecule has 1 aromatic heterocycles. The zero-order chi connectivity index (χ0) is 23.8. The van der Waals surface area contributed by atoms with Gasteiger partial charge in [0.05, 0.1) is 12.1 Å². The van der Waals surface area contributed by atoms with Crippen LogP contribution in [0.4, 0.5) is 0 Å². The third-order valence-electron chi connectivity index (χ3n) is 8.28. The van der Waals surface area contributed by atoms with E-state index >= 15 is 0 Å². The Morgan fingerprint density at radius 2 is 1.85 bits per heavy atom. The van der Waals surface area contributed by atoms with Crippen molar-refractivity contribution in [3.8, 4) is 0 Å². The highest BCUT2D eigenvalue weighted by Crippen LogP contribution is 2.48. The summed E-state index contributed by atoms with van der Waals surface area (Å²) in [5.74, 6) is 0.626. The summed E-state index contributed by atoms with van der Waals surface area (Å²) < 4.78 is 1.85. The van der Waals surface area contributed by atoms with Gasteiger partial charge < -0.3 is 14.6 Å². The van der Waals surface area contributed by atoms with Gasteiger partial charge in [0.25, 0.3) is 5.56 Å². The van der Waals surface area contributed by atoms with Gasteiger partial charge in [0, 0.05) is 49.3 Å². The Kier molecular flexibility index (Phi) is 6.45. The number of likely N-dealkylation sites (N-methyl/N-ethyl adjacent to an activating group) is 1. The monoisotopic (exact) mass is 461 g/mol. The second-order valence-electron chi connectivity index (χ2n) is 10.2. The van der Waals surface area contributed by atoms with Crippen LogP contribution in [-0.2, 0) is 17.8 Å². The van der Waals surface area contributed by atoms with Gasteiger partial charge in [-0.25, -0.2) is 0 Å². The van der Waals surface area contributed by atoms with Crippen LogP contribution in [-0.4, -0.2) is 58.2 Å². The normalized spacial score (nSPS) is 27.3. The largest absolute Gasteiger partial charge is 0.396 e. The van der Waals surface area contributed by atoms with Crippen molar-refractivity contribution in [2.45, 2.75) is 44.8 Å². The first-order chi connectivity index (χ1) is 16.5. The van der Waals surface area contributed by atoms with E-state index in [0.717, 1.165) is 38.0 Å². The maximum absolute atomic E-state index is 13.7. The molecule has 34 heavy (non-hydrogen) atoms. The van der Waals surface area contributed by atoms with Gasteiger partial charge in [-0.1, -0.05) is 42.5 Å². The van der Waals surface area contributed by atoms with Gasteiger partial charge in [0.2, 0.25) is 5.91 Å². The Labute approximate surface area is 201 Å². The maximum atomic E-state index is 13.7. The van der Waals surface area contributed by atoms with Gasteiger partial charge in [0.1, 0.15) is 0 Å². The van der Waals surface area contributed by atoms with Gasteiger partial charge in [-0.3, -0.25) is 14.5 Å². The Hall–Kier alpha value is -2.70. The zero-order valence-corrected chi connectivity index (χ0v) is 20.1. The first kappa shape index (κ1) is 23.1. The van der Waals surface area contributed by atoms with E-state index in [0.29, 0.717) is 18.0 Å². The van der Waals surface area contributed by atoms with Crippen LogP contribution in [0.25, 0.3) is 6.08 Å². The number of hydrogen-bond acceptors (Lipinski definition) is 4. The van der Waals surface area contributed by atoms with Crippen LogP contribution in [0.2, 0.25) is 0 Å². The fraction of sp³-hybridized carbons (Fsp3) is 0.500. The SMILES string of the molecule is C/C=C\c1ccc2n(c1=O)C[C@H]1[C@H](CO)[C@@H](C(=O)N3CCC(Cc4ccccc4)CC3)N(C)[C@@H]21. The lowest BCUT2D eigenvalue weighted by Crippen LogP contribution is -2.51. The van der Waals surface area contributed by atoms with Crippen LogP contribution in [0.5, 0.6) is 0 Å². The van der Waals surface area contributed by atoms with Crippen molar-refractivity contribution < 1.29 is 9.90 Å². The van der Waals surface area contributed by atoms with E-state index in [4.69, 9.17) is 0 Å². The summed E-state index contributed by atoms with van der Waals surface area (Å²) >= 11 is 0. The number of likely N-dealkylation sites (tertiary alicyclic amines) is 2. The molecule has 6 nitrogen and oxygen atoms in total. The maximum Gasteiger partial charge on any atom is 0.258 e. The molecule has 1 N–H and O–H groups in total. The minimum atomic E-state index is -0.343. The number of carbonyl (C=O) groups is 1. The molecular weight excluding hydrogens is 426 g/mol. The quantitative estimate of drug-likeness (QED) is 0.744.